The molecule has 0 radical (unpaired) electrons. The van der Waals surface area contributed by atoms with Crippen molar-refractivity contribution in [2.45, 2.75) is 39.2 Å². The number of carboxylic acid groups (broad SMARTS) is 1. The van der Waals surface area contributed by atoms with E-state index < -0.39 is 17.4 Å². The summed E-state index contributed by atoms with van der Waals surface area (Å²) in [5.41, 5.74) is 5.02. The molecule has 5 nitrogen and oxygen atoms in total. The van der Waals surface area contributed by atoms with Crippen molar-refractivity contribution < 1.29 is 14.7 Å². The summed E-state index contributed by atoms with van der Waals surface area (Å²) in [6, 6.07) is -0.825. The van der Waals surface area contributed by atoms with Crippen LogP contribution < -0.4 is 11.1 Å². The summed E-state index contributed by atoms with van der Waals surface area (Å²) in [6.07, 6.45) is 3.56. The highest BCUT2D eigenvalue weighted by molar-refractivity contribution is 7.98. The summed E-state index contributed by atoms with van der Waals surface area (Å²) in [5.74, 6) is -0.537. The SMILES string of the molecule is CCC(CC)(CN)C(=O)N[C@H](CCSC)C(=O)O. The third-order valence-electron chi connectivity index (χ3n) is 3.44. The van der Waals surface area contributed by atoms with Crippen molar-refractivity contribution in [2.24, 2.45) is 11.1 Å². The summed E-state index contributed by atoms with van der Waals surface area (Å²) >= 11 is 1.56. The molecule has 0 aromatic carbocycles. The van der Waals surface area contributed by atoms with Crippen LogP contribution in [-0.2, 0) is 9.59 Å². The monoisotopic (exact) mass is 276 g/mol. The summed E-state index contributed by atoms with van der Waals surface area (Å²) in [5, 5.41) is 11.7. The van der Waals surface area contributed by atoms with Crippen molar-refractivity contribution >= 4 is 23.6 Å². The summed E-state index contributed by atoms with van der Waals surface area (Å²) < 4.78 is 0. The molecule has 0 saturated carbocycles. The van der Waals surface area contributed by atoms with Gasteiger partial charge in [0, 0.05) is 6.54 Å². The van der Waals surface area contributed by atoms with E-state index >= 15 is 0 Å². The second-order valence-electron chi connectivity index (χ2n) is 4.34. The number of thioether (sulfide) groups is 1. The fourth-order valence-electron chi connectivity index (χ4n) is 1.76. The zero-order chi connectivity index (χ0) is 14.2. The standard InChI is InChI=1S/C12H24N2O3S/c1-4-12(5-2,8-13)11(17)14-9(10(15)16)6-7-18-3/h9H,4-8,13H2,1-3H3,(H,14,17)(H,15,16)/t9-/m1/s1. The molecule has 0 saturated heterocycles. The Kier molecular flexibility index (Phi) is 8.02. The Balaban J connectivity index is 4.71. The quantitative estimate of drug-likeness (QED) is 0.586. The third-order valence-corrected chi connectivity index (χ3v) is 4.08. The summed E-state index contributed by atoms with van der Waals surface area (Å²) in [6.45, 7) is 4.03. The van der Waals surface area contributed by atoms with Gasteiger partial charge in [-0.15, -0.1) is 0 Å². The molecule has 0 bridgehead atoms. The lowest BCUT2D eigenvalue weighted by Gasteiger charge is -2.30. The lowest BCUT2D eigenvalue weighted by atomic mass is 9.81. The van der Waals surface area contributed by atoms with Gasteiger partial charge < -0.3 is 16.2 Å². The molecule has 0 aliphatic heterocycles. The maximum absolute atomic E-state index is 12.2. The largest absolute Gasteiger partial charge is 0.480 e. The molecule has 0 heterocycles. The molecule has 106 valence electrons. The molecule has 0 spiro atoms. The normalized spacial score (nSPS) is 13.1. The average Bonchev–Trinajstić information content (AvgIpc) is 2.36. The number of carbonyl (C=O) groups excluding carboxylic acids is 1. The van der Waals surface area contributed by atoms with E-state index in [1.54, 1.807) is 11.8 Å². The molecular weight excluding hydrogens is 252 g/mol. The number of nitrogens with one attached hydrogen (secondary N) is 1. The number of hydrogen-bond acceptors (Lipinski definition) is 4. The van der Waals surface area contributed by atoms with Gasteiger partial charge in [0.15, 0.2) is 0 Å². The van der Waals surface area contributed by atoms with Gasteiger partial charge in [-0.3, -0.25) is 4.79 Å². The van der Waals surface area contributed by atoms with Crippen LogP contribution in [0.2, 0.25) is 0 Å². The number of hydrogen-bond donors (Lipinski definition) is 3. The molecule has 0 unspecified atom stereocenters. The highest BCUT2D eigenvalue weighted by Gasteiger charge is 2.35. The topological polar surface area (TPSA) is 92.4 Å². The van der Waals surface area contributed by atoms with E-state index in [9.17, 15) is 9.59 Å². The number of carboxylic acids is 1. The molecule has 18 heavy (non-hydrogen) atoms. The number of amides is 1. The van der Waals surface area contributed by atoms with Gasteiger partial charge in [0.25, 0.3) is 0 Å². The van der Waals surface area contributed by atoms with Crippen molar-refractivity contribution in [3.63, 3.8) is 0 Å². The van der Waals surface area contributed by atoms with Gasteiger partial charge in [-0.25, -0.2) is 4.79 Å². The predicted molar refractivity (Wildman–Crippen MR) is 74.6 cm³/mol. The molecule has 1 amide bonds. The van der Waals surface area contributed by atoms with Crippen molar-refractivity contribution in [3.05, 3.63) is 0 Å². The van der Waals surface area contributed by atoms with Crippen LogP contribution in [0.5, 0.6) is 0 Å². The van der Waals surface area contributed by atoms with Crippen LogP contribution in [0, 0.1) is 5.41 Å². The molecule has 0 rings (SSSR count). The zero-order valence-corrected chi connectivity index (χ0v) is 12.2. The van der Waals surface area contributed by atoms with Gasteiger partial charge in [-0.05, 0) is 31.3 Å². The van der Waals surface area contributed by atoms with E-state index in [2.05, 4.69) is 5.32 Å². The van der Waals surface area contributed by atoms with Gasteiger partial charge in [0.2, 0.25) is 5.91 Å². The zero-order valence-electron chi connectivity index (χ0n) is 11.4. The Bertz CT molecular complexity index is 272. The first-order chi connectivity index (χ1) is 8.47. The molecule has 4 N–H and O–H groups in total. The summed E-state index contributed by atoms with van der Waals surface area (Å²) in [4.78, 5) is 23.3. The minimum absolute atomic E-state index is 0.237. The lowest BCUT2D eigenvalue weighted by Crippen LogP contribution is -2.51. The molecule has 0 aliphatic carbocycles. The maximum Gasteiger partial charge on any atom is 0.326 e. The van der Waals surface area contributed by atoms with Gasteiger partial charge in [-0.1, -0.05) is 13.8 Å². The molecule has 0 aromatic rings. The van der Waals surface area contributed by atoms with E-state index in [0.717, 1.165) is 0 Å². The van der Waals surface area contributed by atoms with Gasteiger partial charge in [0.05, 0.1) is 5.41 Å². The fraction of sp³-hybridized carbons (Fsp3) is 0.833. The number of carbonyl (C=O) groups is 2. The Morgan fingerprint density at radius 1 is 1.39 bits per heavy atom. The highest BCUT2D eigenvalue weighted by Crippen LogP contribution is 2.25. The number of aliphatic carboxylic acids is 1. The number of nitrogens with two attached hydrogens (primary N) is 1. The molecule has 1 atom stereocenters. The smallest absolute Gasteiger partial charge is 0.326 e. The first kappa shape index (κ1) is 17.2. The van der Waals surface area contributed by atoms with Crippen LogP contribution in [0.3, 0.4) is 0 Å². The minimum atomic E-state index is -0.990. The Morgan fingerprint density at radius 3 is 2.28 bits per heavy atom. The van der Waals surface area contributed by atoms with Crippen LogP contribution in [0.15, 0.2) is 0 Å². The van der Waals surface area contributed by atoms with Crippen molar-refractivity contribution in [1.29, 1.82) is 0 Å². The lowest BCUT2D eigenvalue weighted by molar-refractivity contribution is -0.144. The van der Waals surface area contributed by atoms with E-state index in [1.165, 1.54) is 0 Å². The Hall–Kier alpha value is -0.750. The van der Waals surface area contributed by atoms with E-state index in [1.807, 2.05) is 20.1 Å². The van der Waals surface area contributed by atoms with Crippen molar-refractivity contribution in [2.75, 3.05) is 18.6 Å². The molecule has 0 aliphatic rings. The predicted octanol–water partition coefficient (Wildman–Crippen LogP) is 1.07. The fourth-order valence-corrected chi connectivity index (χ4v) is 2.23. The van der Waals surface area contributed by atoms with Crippen LogP contribution in [0.1, 0.15) is 33.1 Å². The molecule has 0 aromatic heterocycles. The van der Waals surface area contributed by atoms with Crippen LogP contribution >= 0.6 is 11.8 Å². The van der Waals surface area contributed by atoms with Crippen LogP contribution in [-0.4, -0.2) is 41.6 Å². The number of rotatable bonds is 9. The van der Waals surface area contributed by atoms with Crippen molar-refractivity contribution in [3.8, 4) is 0 Å². The Labute approximate surface area is 113 Å². The highest BCUT2D eigenvalue weighted by atomic mass is 32.2. The van der Waals surface area contributed by atoms with Gasteiger partial charge >= 0.3 is 5.97 Å². The minimum Gasteiger partial charge on any atom is -0.480 e. The van der Waals surface area contributed by atoms with E-state index in [-0.39, 0.29) is 12.5 Å². The molecule has 6 heteroatoms. The molecule has 0 fully saturated rings. The van der Waals surface area contributed by atoms with Gasteiger partial charge in [-0.2, -0.15) is 11.8 Å². The van der Waals surface area contributed by atoms with E-state index in [4.69, 9.17) is 10.8 Å². The maximum atomic E-state index is 12.2. The Morgan fingerprint density at radius 2 is 1.94 bits per heavy atom. The van der Waals surface area contributed by atoms with Crippen LogP contribution in [0.4, 0.5) is 0 Å². The second kappa shape index (κ2) is 8.37. The second-order valence-corrected chi connectivity index (χ2v) is 5.32. The van der Waals surface area contributed by atoms with Gasteiger partial charge in [0.1, 0.15) is 6.04 Å². The molecular formula is C12H24N2O3S. The summed E-state index contributed by atoms with van der Waals surface area (Å²) in [7, 11) is 0. The van der Waals surface area contributed by atoms with Crippen LogP contribution in [0.25, 0.3) is 0 Å². The van der Waals surface area contributed by atoms with E-state index in [0.29, 0.717) is 25.0 Å². The van der Waals surface area contributed by atoms with Crippen molar-refractivity contribution in [1.82, 2.24) is 5.32 Å². The average molecular weight is 276 g/mol. The third kappa shape index (κ3) is 4.49. The first-order valence-corrected chi connectivity index (χ1v) is 7.59. The first-order valence-electron chi connectivity index (χ1n) is 6.20.